The molecule has 0 aliphatic carbocycles. The Bertz CT molecular complexity index is 357. The summed E-state index contributed by atoms with van der Waals surface area (Å²) in [7, 11) is 0. The highest BCUT2D eigenvalue weighted by molar-refractivity contribution is 6.30. The first-order valence-electron chi connectivity index (χ1n) is 4.68. The molecule has 0 atom stereocenters. The van der Waals surface area contributed by atoms with Crippen molar-refractivity contribution >= 4 is 23.7 Å². The van der Waals surface area contributed by atoms with Gasteiger partial charge in [-0.1, -0.05) is 25.4 Å². The van der Waals surface area contributed by atoms with Crippen LogP contribution in [0.4, 0.5) is 0 Å². The van der Waals surface area contributed by atoms with Crippen molar-refractivity contribution in [1.82, 2.24) is 5.43 Å². The number of rotatable bonds is 3. The molecule has 1 rings (SSSR count). The summed E-state index contributed by atoms with van der Waals surface area (Å²) in [5, 5.41) is 4.42. The van der Waals surface area contributed by atoms with Crippen LogP contribution >= 0.6 is 11.6 Å². The monoisotopic (exact) mass is 224 g/mol. The normalized spacial score (nSPS) is 10.9. The van der Waals surface area contributed by atoms with Crippen molar-refractivity contribution < 1.29 is 4.79 Å². The molecule has 0 aliphatic heterocycles. The van der Waals surface area contributed by atoms with E-state index in [4.69, 9.17) is 11.6 Å². The molecule has 0 aromatic heterocycles. The molecule has 0 spiro atoms. The number of nitrogens with zero attached hydrogens (tertiary/aromatic N) is 1. The number of benzene rings is 1. The largest absolute Gasteiger partial charge is 0.271 e. The van der Waals surface area contributed by atoms with E-state index in [9.17, 15) is 4.79 Å². The molecule has 80 valence electrons. The molecule has 0 bridgehead atoms. The van der Waals surface area contributed by atoms with Gasteiger partial charge in [0.25, 0.3) is 5.91 Å². The Hall–Kier alpha value is -1.35. The molecule has 4 heteroatoms. The molecular formula is C11H13ClN2O. The van der Waals surface area contributed by atoms with Crippen molar-refractivity contribution in [2.24, 2.45) is 11.0 Å². The second kappa shape index (κ2) is 5.51. The third-order valence-corrected chi connectivity index (χ3v) is 1.90. The first-order chi connectivity index (χ1) is 7.09. The zero-order chi connectivity index (χ0) is 11.3. The lowest BCUT2D eigenvalue weighted by atomic mass is 10.2. The molecule has 0 saturated carbocycles. The molecule has 3 nitrogen and oxygen atoms in total. The third-order valence-electron chi connectivity index (χ3n) is 1.65. The SMILES string of the molecule is CC(C)/C=N\NC(=O)c1ccc(Cl)cc1. The molecular weight excluding hydrogens is 212 g/mol. The summed E-state index contributed by atoms with van der Waals surface area (Å²) in [6, 6.07) is 6.65. The van der Waals surface area contributed by atoms with Gasteiger partial charge in [0.15, 0.2) is 0 Å². The predicted octanol–water partition coefficient (Wildman–Crippen LogP) is 2.71. The number of carbonyl (C=O) groups is 1. The van der Waals surface area contributed by atoms with Gasteiger partial charge >= 0.3 is 0 Å². The predicted molar refractivity (Wildman–Crippen MR) is 62.2 cm³/mol. The van der Waals surface area contributed by atoms with E-state index in [1.165, 1.54) is 0 Å². The maximum absolute atomic E-state index is 11.5. The zero-order valence-electron chi connectivity index (χ0n) is 8.70. The Morgan fingerprint density at radius 3 is 2.53 bits per heavy atom. The average molecular weight is 225 g/mol. The van der Waals surface area contributed by atoms with Crippen molar-refractivity contribution in [3.63, 3.8) is 0 Å². The van der Waals surface area contributed by atoms with E-state index in [1.807, 2.05) is 13.8 Å². The standard InChI is InChI=1S/C11H13ClN2O/c1-8(2)7-13-14-11(15)9-3-5-10(12)6-4-9/h3-8H,1-2H3,(H,14,15)/b13-7-. The number of amides is 1. The molecule has 0 heterocycles. The van der Waals surface area contributed by atoms with E-state index < -0.39 is 0 Å². The van der Waals surface area contributed by atoms with E-state index in [-0.39, 0.29) is 5.91 Å². The number of carbonyl (C=O) groups excluding carboxylic acids is 1. The summed E-state index contributed by atoms with van der Waals surface area (Å²) in [6.45, 7) is 3.97. The van der Waals surface area contributed by atoms with Crippen LogP contribution in [0.3, 0.4) is 0 Å². The Labute approximate surface area is 94.1 Å². The molecule has 1 N–H and O–H groups in total. The van der Waals surface area contributed by atoms with Crippen LogP contribution < -0.4 is 5.43 Å². The van der Waals surface area contributed by atoms with E-state index >= 15 is 0 Å². The molecule has 1 amide bonds. The van der Waals surface area contributed by atoms with Crippen LogP contribution in [0.2, 0.25) is 5.02 Å². The lowest BCUT2D eigenvalue weighted by Gasteiger charge is -2.00. The van der Waals surface area contributed by atoms with E-state index in [2.05, 4.69) is 10.5 Å². The van der Waals surface area contributed by atoms with Crippen molar-refractivity contribution in [2.45, 2.75) is 13.8 Å². The second-order valence-corrected chi connectivity index (χ2v) is 3.91. The van der Waals surface area contributed by atoms with Gasteiger partial charge in [-0.25, -0.2) is 5.43 Å². The van der Waals surface area contributed by atoms with Crippen molar-refractivity contribution in [2.75, 3.05) is 0 Å². The fraction of sp³-hybridized carbons (Fsp3) is 0.273. The van der Waals surface area contributed by atoms with E-state index in [0.29, 0.717) is 16.5 Å². The minimum absolute atomic E-state index is 0.233. The summed E-state index contributed by atoms with van der Waals surface area (Å²) in [5.74, 6) is 0.0825. The van der Waals surface area contributed by atoms with Gasteiger partial charge in [0.05, 0.1) is 0 Å². The van der Waals surface area contributed by atoms with Crippen LogP contribution in [0.5, 0.6) is 0 Å². The minimum Gasteiger partial charge on any atom is -0.267 e. The molecule has 1 aromatic carbocycles. The van der Waals surface area contributed by atoms with Gasteiger partial charge in [0.2, 0.25) is 0 Å². The average Bonchev–Trinajstić information content (AvgIpc) is 2.18. The van der Waals surface area contributed by atoms with Gasteiger partial charge in [-0.3, -0.25) is 4.79 Å². The number of hydrogen-bond donors (Lipinski definition) is 1. The van der Waals surface area contributed by atoms with Crippen LogP contribution in [0, 0.1) is 5.92 Å². The zero-order valence-corrected chi connectivity index (χ0v) is 9.45. The summed E-state index contributed by atoms with van der Waals surface area (Å²) in [6.07, 6.45) is 1.67. The molecule has 0 radical (unpaired) electrons. The second-order valence-electron chi connectivity index (χ2n) is 3.47. The molecule has 0 fully saturated rings. The van der Waals surface area contributed by atoms with Crippen LogP contribution in [0.15, 0.2) is 29.4 Å². The first-order valence-corrected chi connectivity index (χ1v) is 5.06. The van der Waals surface area contributed by atoms with Gasteiger partial charge in [-0.2, -0.15) is 5.10 Å². The van der Waals surface area contributed by atoms with Gasteiger partial charge in [-0.15, -0.1) is 0 Å². The number of hydrogen-bond acceptors (Lipinski definition) is 2. The van der Waals surface area contributed by atoms with Crippen LogP contribution in [-0.2, 0) is 0 Å². The van der Waals surface area contributed by atoms with Crippen molar-refractivity contribution in [1.29, 1.82) is 0 Å². The lowest BCUT2D eigenvalue weighted by molar-refractivity contribution is 0.0955. The van der Waals surface area contributed by atoms with Crippen LogP contribution in [0.1, 0.15) is 24.2 Å². The lowest BCUT2D eigenvalue weighted by Crippen LogP contribution is -2.17. The minimum atomic E-state index is -0.233. The fourth-order valence-corrected chi connectivity index (χ4v) is 1.04. The highest BCUT2D eigenvalue weighted by Crippen LogP contribution is 2.09. The van der Waals surface area contributed by atoms with Crippen LogP contribution in [-0.4, -0.2) is 12.1 Å². The molecule has 1 aromatic rings. The maximum atomic E-state index is 11.5. The Kier molecular flexibility index (Phi) is 4.31. The van der Waals surface area contributed by atoms with Crippen molar-refractivity contribution in [3.8, 4) is 0 Å². The Morgan fingerprint density at radius 2 is 2.00 bits per heavy atom. The summed E-state index contributed by atoms with van der Waals surface area (Å²) >= 11 is 5.70. The maximum Gasteiger partial charge on any atom is 0.271 e. The van der Waals surface area contributed by atoms with Crippen molar-refractivity contribution in [3.05, 3.63) is 34.9 Å². The fourth-order valence-electron chi connectivity index (χ4n) is 0.911. The molecule has 0 aliphatic rings. The Balaban J connectivity index is 2.58. The van der Waals surface area contributed by atoms with Crippen LogP contribution in [0.25, 0.3) is 0 Å². The molecule has 0 saturated heterocycles. The third kappa shape index (κ3) is 4.13. The van der Waals surface area contributed by atoms with Gasteiger partial charge in [0, 0.05) is 16.8 Å². The molecule has 0 unspecified atom stereocenters. The van der Waals surface area contributed by atoms with E-state index in [0.717, 1.165) is 0 Å². The smallest absolute Gasteiger partial charge is 0.267 e. The number of hydrazone groups is 1. The topological polar surface area (TPSA) is 41.5 Å². The summed E-state index contributed by atoms with van der Waals surface area (Å²) < 4.78 is 0. The highest BCUT2D eigenvalue weighted by Gasteiger charge is 2.02. The summed E-state index contributed by atoms with van der Waals surface area (Å²) in [5.41, 5.74) is 2.98. The Morgan fingerprint density at radius 1 is 1.40 bits per heavy atom. The first kappa shape index (κ1) is 11.7. The van der Waals surface area contributed by atoms with Gasteiger partial charge in [0.1, 0.15) is 0 Å². The van der Waals surface area contributed by atoms with Gasteiger partial charge < -0.3 is 0 Å². The number of nitrogens with one attached hydrogen (secondary N) is 1. The molecule has 15 heavy (non-hydrogen) atoms. The van der Waals surface area contributed by atoms with Gasteiger partial charge in [-0.05, 0) is 30.2 Å². The van der Waals surface area contributed by atoms with E-state index in [1.54, 1.807) is 30.5 Å². The summed E-state index contributed by atoms with van der Waals surface area (Å²) in [4.78, 5) is 11.5. The number of halogens is 1. The quantitative estimate of drug-likeness (QED) is 0.623. The highest BCUT2D eigenvalue weighted by atomic mass is 35.5.